The Labute approximate surface area is 171 Å². The highest BCUT2D eigenvalue weighted by Gasteiger charge is 2.41. The van der Waals surface area contributed by atoms with Crippen molar-refractivity contribution < 1.29 is 4.79 Å². The Kier molecular flexibility index (Phi) is 7.44. The number of Topliss-reactive ketones (excluding diaryl/α,β-unsaturated/α-hetero) is 1. The third-order valence-corrected chi connectivity index (χ3v) is 11.8. The highest BCUT2D eigenvalue weighted by molar-refractivity contribution is 6.90. The van der Waals surface area contributed by atoms with Crippen molar-refractivity contribution in [1.82, 2.24) is 0 Å². The number of ketones is 1. The highest BCUT2D eigenvalue weighted by Crippen LogP contribution is 2.40. The number of benzene rings is 2. The van der Waals surface area contributed by atoms with Crippen molar-refractivity contribution in [2.75, 3.05) is 0 Å². The van der Waals surface area contributed by atoms with Gasteiger partial charge in [0.2, 0.25) is 5.78 Å². The fourth-order valence-corrected chi connectivity index (χ4v) is 9.31. The van der Waals surface area contributed by atoms with Crippen LogP contribution in [0.1, 0.15) is 63.0 Å². The second-order valence-electron chi connectivity index (χ2n) is 8.14. The first-order valence-electron chi connectivity index (χ1n) is 10.0. The summed E-state index contributed by atoms with van der Waals surface area (Å²) in [6.07, 6.45) is 0. The zero-order chi connectivity index (χ0) is 20.7. The van der Waals surface area contributed by atoms with Gasteiger partial charge in [0.25, 0.3) is 0 Å². The number of hydrogen-bond acceptors (Lipinski definition) is 1. The summed E-state index contributed by atoms with van der Waals surface area (Å²) < 4.78 is 0. The summed E-state index contributed by atoms with van der Waals surface area (Å²) in [7, 11) is -1.93. The van der Waals surface area contributed by atoms with Gasteiger partial charge in [-0.05, 0) is 46.8 Å². The maximum Gasteiger partial charge on any atom is 0.236 e. The first kappa shape index (κ1) is 21.7. The number of carbonyl (C=O) groups excluding carboxylic acids is 1. The van der Waals surface area contributed by atoms with Gasteiger partial charge in [-0.15, -0.1) is 5.54 Å². The molecule has 0 saturated heterocycles. The van der Waals surface area contributed by atoms with Crippen LogP contribution in [-0.2, 0) is 0 Å². The lowest BCUT2D eigenvalue weighted by molar-refractivity contribution is 0.105. The minimum absolute atomic E-state index is 0.128. The van der Waals surface area contributed by atoms with Gasteiger partial charge in [0.15, 0.2) is 0 Å². The largest absolute Gasteiger partial charge is 0.279 e. The van der Waals surface area contributed by atoms with E-state index < -0.39 is 8.07 Å². The molecule has 0 atom stereocenters. The summed E-state index contributed by atoms with van der Waals surface area (Å²) in [5, 5.41) is 0. The predicted molar refractivity (Wildman–Crippen MR) is 122 cm³/mol. The summed E-state index contributed by atoms with van der Waals surface area (Å²) in [6.45, 7) is 13.5. The normalized spacial score (nSPS) is 11.0. The SMILES string of the molecule is CC(C)[Si](C#CC(=O)c1ccccc1C#Cc1ccccc1)(C(C)C)C(C)C. The van der Waals surface area contributed by atoms with Crippen LogP contribution in [0.25, 0.3) is 0 Å². The van der Waals surface area contributed by atoms with Gasteiger partial charge in [-0.1, -0.05) is 83.7 Å². The predicted octanol–water partition coefficient (Wildman–Crippen LogP) is 6.49. The van der Waals surface area contributed by atoms with Crippen molar-refractivity contribution in [1.29, 1.82) is 0 Å². The smallest absolute Gasteiger partial charge is 0.236 e. The monoisotopic (exact) mass is 386 g/mol. The van der Waals surface area contributed by atoms with Gasteiger partial charge in [0.05, 0.1) is 0 Å². The van der Waals surface area contributed by atoms with Crippen molar-refractivity contribution in [2.24, 2.45) is 0 Å². The summed E-state index contributed by atoms with van der Waals surface area (Å²) in [6, 6.07) is 17.3. The molecule has 1 nitrogen and oxygen atoms in total. The number of carbonyl (C=O) groups is 1. The molecule has 0 spiro atoms. The van der Waals surface area contributed by atoms with Crippen LogP contribution in [0.4, 0.5) is 0 Å². The topological polar surface area (TPSA) is 17.1 Å². The van der Waals surface area contributed by atoms with Crippen molar-refractivity contribution in [3.05, 3.63) is 71.3 Å². The molecule has 0 radical (unpaired) electrons. The van der Waals surface area contributed by atoms with Crippen LogP contribution in [0, 0.1) is 23.3 Å². The van der Waals surface area contributed by atoms with Gasteiger partial charge in [0, 0.05) is 16.7 Å². The molecule has 0 unspecified atom stereocenters. The third kappa shape index (κ3) is 4.83. The number of rotatable bonds is 4. The molecule has 144 valence electrons. The van der Waals surface area contributed by atoms with E-state index in [1.54, 1.807) is 0 Å². The minimum atomic E-state index is -1.93. The Balaban J connectivity index is 2.42. The average molecular weight is 387 g/mol. The van der Waals surface area contributed by atoms with Gasteiger partial charge in [0.1, 0.15) is 8.07 Å². The minimum Gasteiger partial charge on any atom is -0.279 e. The zero-order valence-electron chi connectivity index (χ0n) is 17.8. The van der Waals surface area contributed by atoms with E-state index in [1.165, 1.54) is 0 Å². The Morgan fingerprint density at radius 3 is 1.86 bits per heavy atom. The van der Waals surface area contributed by atoms with Crippen LogP contribution in [0.2, 0.25) is 16.6 Å². The van der Waals surface area contributed by atoms with Crippen LogP contribution in [0.3, 0.4) is 0 Å². The van der Waals surface area contributed by atoms with Crippen molar-refractivity contribution >= 4 is 13.9 Å². The fourth-order valence-electron chi connectivity index (χ4n) is 4.12. The number of hydrogen-bond donors (Lipinski definition) is 0. The Bertz CT molecular complexity index is 909. The molecule has 0 bridgehead atoms. The Hall–Kier alpha value is -2.55. The molecular formula is C26H30OSi. The van der Waals surface area contributed by atoms with E-state index in [1.807, 2.05) is 54.6 Å². The standard InChI is InChI=1S/C26H30OSi/c1-20(2)28(21(3)4,22(5)6)19-18-26(27)25-15-11-10-14-24(25)17-16-23-12-8-7-9-13-23/h7-15,20-22H,1-6H3. The van der Waals surface area contributed by atoms with Gasteiger partial charge >= 0.3 is 0 Å². The van der Waals surface area contributed by atoms with Crippen LogP contribution in [0.15, 0.2) is 54.6 Å². The van der Waals surface area contributed by atoms with E-state index in [9.17, 15) is 4.79 Å². The first-order chi connectivity index (χ1) is 13.3. The molecule has 0 aliphatic carbocycles. The van der Waals surface area contributed by atoms with Gasteiger partial charge in [-0.25, -0.2) is 0 Å². The summed E-state index contributed by atoms with van der Waals surface area (Å²) in [5.74, 6) is 9.19. The fraction of sp³-hybridized carbons (Fsp3) is 0.346. The molecule has 2 aromatic carbocycles. The van der Waals surface area contributed by atoms with Crippen LogP contribution >= 0.6 is 0 Å². The molecule has 0 aromatic heterocycles. The van der Waals surface area contributed by atoms with E-state index >= 15 is 0 Å². The molecule has 0 aliphatic heterocycles. The lowest BCUT2D eigenvalue weighted by atomic mass is 10.0. The molecule has 28 heavy (non-hydrogen) atoms. The van der Waals surface area contributed by atoms with Crippen LogP contribution < -0.4 is 0 Å². The van der Waals surface area contributed by atoms with Crippen molar-refractivity contribution in [2.45, 2.75) is 58.2 Å². The molecule has 0 amide bonds. The summed E-state index contributed by atoms with van der Waals surface area (Å²) in [4.78, 5) is 13.0. The third-order valence-electron chi connectivity index (χ3n) is 5.55. The van der Waals surface area contributed by atoms with Gasteiger partial charge in [-0.2, -0.15) is 0 Å². The molecule has 2 heteroatoms. The van der Waals surface area contributed by atoms with Crippen LogP contribution in [-0.4, -0.2) is 13.9 Å². The second-order valence-corrected chi connectivity index (χ2v) is 13.7. The molecule has 0 aliphatic rings. The Morgan fingerprint density at radius 2 is 1.29 bits per heavy atom. The van der Waals surface area contributed by atoms with E-state index in [-0.39, 0.29) is 5.78 Å². The average Bonchev–Trinajstić information content (AvgIpc) is 2.67. The quantitative estimate of drug-likeness (QED) is 0.333. The molecular weight excluding hydrogens is 356 g/mol. The second kappa shape index (κ2) is 9.58. The summed E-state index contributed by atoms with van der Waals surface area (Å²) in [5.41, 5.74) is 7.28. The van der Waals surface area contributed by atoms with Crippen molar-refractivity contribution in [3.63, 3.8) is 0 Å². The molecule has 2 rings (SSSR count). The van der Waals surface area contributed by atoms with E-state index in [2.05, 4.69) is 64.8 Å². The zero-order valence-corrected chi connectivity index (χ0v) is 18.8. The first-order valence-corrected chi connectivity index (χ1v) is 12.3. The molecule has 2 aromatic rings. The Morgan fingerprint density at radius 1 is 0.750 bits per heavy atom. The lowest BCUT2D eigenvalue weighted by Gasteiger charge is -2.37. The van der Waals surface area contributed by atoms with E-state index in [4.69, 9.17) is 0 Å². The molecule has 0 heterocycles. The molecule has 0 saturated carbocycles. The van der Waals surface area contributed by atoms with Gasteiger partial charge < -0.3 is 0 Å². The highest BCUT2D eigenvalue weighted by atomic mass is 28.3. The molecule has 0 fully saturated rings. The maximum atomic E-state index is 13.0. The molecule has 0 N–H and O–H groups in total. The van der Waals surface area contributed by atoms with E-state index in [0.29, 0.717) is 22.2 Å². The summed E-state index contributed by atoms with van der Waals surface area (Å²) >= 11 is 0. The maximum absolute atomic E-state index is 13.0. The van der Waals surface area contributed by atoms with Crippen molar-refractivity contribution in [3.8, 4) is 23.3 Å². The lowest BCUT2D eigenvalue weighted by Crippen LogP contribution is -2.43. The van der Waals surface area contributed by atoms with Gasteiger partial charge in [-0.3, -0.25) is 4.79 Å². The van der Waals surface area contributed by atoms with E-state index in [0.717, 1.165) is 11.1 Å². The van der Waals surface area contributed by atoms with Crippen LogP contribution in [0.5, 0.6) is 0 Å².